The maximum atomic E-state index is 6.12. The minimum Gasteiger partial charge on any atom is -0.501 e. The summed E-state index contributed by atoms with van der Waals surface area (Å²) in [6.07, 6.45) is 5.48. The fraction of sp³-hybridized carbons (Fsp3) is 0.0476. The van der Waals surface area contributed by atoms with Crippen LogP contribution in [0.4, 0.5) is 0 Å². The Bertz CT molecular complexity index is 2160. The van der Waals surface area contributed by atoms with Gasteiger partial charge in [-0.15, -0.1) is 54.1 Å². The van der Waals surface area contributed by atoms with Crippen molar-refractivity contribution < 1.29 is 24.5 Å². The van der Waals surface area contributed by atoms with Gasteiger partial charge in [-0.1, -0.05) is 108 Å². The van der Waals surface area contributed by atoms with E-state index >= 15 is 0 Å². The van der Waals surface area contributed by atoms with Gasteiger partial charge in [0.05, 0.1) is 5.58 Å². The summed E-state index contributed by atoms with van der Waals surface area (Å²) in [6, 6.07) is 55.9. The van der Waals surface area contributed by atoms with Gasteiger partial charge in [0.2, 0.25) is 0 Å². The number of pyridine rings is 2. The largest absolute Gasteiger partial charge is 0.501 e. The molecule has 46 heavy (non-hydrogen) atoms. The van der Waals surface area contributed by atoms with Gasteiger partial charge in [0.25, 0.3) is 0 Å². The number of nitrogens with zero attached hydrogens (tertiary/aromatic N) is 2. The standard InChI is InChI=1S/C24H16NO.C18H14N.Ir/c1-2-7-17(8-3-1)15-18-13-14-25-22(16-18)21-11-6-10-20-19-9-4-5-12-23(19)26-24(20)21;1-3-8-15(9-4-1)14-17-12-7-13-19-18(17)16-10-5-2-6-11-16;/h1-10,12-14,16H,15H2;1-10,12-13H,14H2;/q2*-1;. The second-order valence-corrected chi connectivity index (χ2v) is 10.9. The molecule has 0 aliphatic rings. The second-order valence-electron chi connectivity index (χ2n) is 10.9. The number of benzene rings is 5. The monoisotopic (exact) mass is 771 g/mol. The molecule has 1 radical (unpaired) electrons. The van der Waals surface area contributed by atoms with E-state index in [1.165, 1.54) is 22.3 Å². The van der Waals surface area contributed by atoms with Crippen molar-refractivity contribution in [2.45, 2.75) is 12.8 Å². The fourth-order valence-corrected chi connectivity index (χ4v) is 5.61. The zero-order chi connectivity index (χ0) is 30.3. The van der Waals surface area contributed by atoms with Crippen molar-refractivity contribution in [3.8, 4) is 22.5 Å². The quantitative estimate of drug-likeness (QED) is 0.158. The van der Waals surface area contributed by atoms with Gasteiger partial charge in [-0.2, -0.15) is 0 Å². The first kappa shape index (κ1) is 30.9. The van der Waals surface area contributed by atoms with Crippen LogP contribution in [0.25, 0.3) is 44.5 Å². The van der Waals surface area contributed by atoms with Crippen LogP contribution in [0.5, 0.6) is 0 Å². The van der Waals surface area contributed by atoms with E-state index in [9.17, 15) is 0 Å². The molecular formula is C42H30IrN2O-2. The molecule has 0 N–H and O–H groups in total. The topological polar surface area (TPSA) is 38.9 Å². The molecule has 0 saturated heterocycles. The third-order valence-corrected chi connectivity index (χ3v) is 7.76. The van der Waals surface area contributed by atoms with Gasteiger partial charge in [0.1, 0.15) is 5.58 Å². The van der Waals surface area contributed by atoms with Gasteiger partial charge in [0, 0.05) is 37.9 Å². The van der Waals surface area contributed by atoms with Crippen molar-refractivity contribution in [1.82, 2.24) is 9.97 Å². The first-order chi connectivity index (χ1) is 22.3. The van der Waals surface area contributed by atoms with E-state index in [0.29, 0.717) is 0 Å². The molecule has 225 valence electrons. The summed E-state index contributed by atoms with van der Waals surface area (Å²) in [4.78, 5) is 9.09. The van der Waals surface area contributed by atoms with Crippen LogP contribution in [-0.2, 0) is 32.9 Å². The predicted molar refractivity (Wildman–Crippen MR) is 183 cm³/mol. The van der Waals surface area contributed by atoms with Crippen LogP contribution < -0.4 is 0 Å². The van der Waals surface area contributed by atoms with Crippen LogP contribution in [0.15, 0.2) is 162 Å². The molecule has 0 bridgehead atoms. The van der Waals surface area contributed by atoms with Crippen molar-refractivity contribution in [2.75, 3.05) is 0 Å². The molecule has 0 atom stereocenters. The summed E-state index contributed by atoms with van der Waals surface area (Å²) in [6.45, 7) is 0. The predicted octanol–water partition coefficient (Wildman–Crippen LogP) is 10.2. The molecule has 0 amide bonds. The second kappa shape index (κ2) is 14.8. The number of rotatable bonds is 6. The molecule has 4 heteroatoms. The third-order valence-electron chi connectivity index (χ3n) is 7.76. The molecule has 5 aromatic carbocycles. The molecule has 0 spiro atoms. The molecule has 0 saturated carbocycles. The Morgan fingerprint density at radius 2 is 1.28 bits per heavy atom. The average Bonchev–Trinajstić information content (AvgIpc) is 3.49. The van der Waals surface area contributed by atoms with Crippen molar-refractivity contribution >= 4 is 21.9 Å². The molecule has 3 heterocycles. The summed E-state index contributed by atoms with van der Waals surface area (Å²) in [5, 5.41) is 2.22. The SMILES string of the molecule is [Ir].[c-]1ccc2c(oc3ccccc32)c1-c1cc(Cc2ccccc2)ccn1.[c-]1ccccc1-c1ncccc1Cc1ccccc1. The van der Waals surface area contributed by atoms with Gasteiger partial charge in [-0.25, -0.2) is 0 Å². The average molecular weight is 771 g/mol. The summed E-state index contributed by atoms with van der Waals surface area (Å²) in [7, 11) is 0. The molecule has 8 aromatic rings. The van der Waals surface area contributed by atoms with E-state index in [2.05, 4.69) is 107 Å². The Morgan fingerprint density at radius 1 is 0.543 bits per heavy atom. The Hall–Kier alpha value is -5.15. The minimum atomic E-state index is 0. The zero-order valence-electron chi connectivity index (χ0n) is 25.1. The first-order valence-corrected chi connectivity index (χ1v) is 15.1. The minimum absolute atomic E-state index is 0. The molecule has 3 nitrogen and oxygen atoms in total. The zero-order valence-corrected chi connectivity index (χ0v) is 27.5. The maximum Gasteiger partial charge on any atom is 0.120 e. The van der Waals surface area contributed by atoms with Gasteiger partial charge >= 0.3 is 0 Å². The fourth-order valence-electron chi connectivity index (χ4n) is 5.61. The van der Waals surface area contributed by atoms with Crippen LogP contribution >= 0.6 is 0 Å². The van der Waals surface area contributed by atoms with Crippen LogP contribution in [0.1, 0.15) is 22.3 Å². The Labute approximate surface area is 283 Å². The smallest absolute Gasteiger partial charge is 0.120 e. The van der Waals surface area contributed by atoms with Crippen LogP contribution in [0.2, 0.25) is 0 Å². The van der Waals surface area contributed by atoms with E-state index < -0.39 is 0 Å². The molecule has 0 fully saturated rings. The number of aromatic nitrogens is 2. The van der Waals surface area contributed by atoms with E-state index in [4.69, 9.17) is 4.42 Å². The normalized spacial score (nSPS) is 10.6. The number of hydrogen-bond acceptors (Lipinski definition) is 3. The van der Waals surface area contributed by atoms with Crippen molar-refractivity contribution in [2.24, 2.45) is 0 Å². The molecule has 0 aliphatic carbocycles. The third kappa shape index (κ3) is 7.05. The van der Waals surface area contributed by atoms with E-state index in [1.54, 1.807) is 0 Å². The Balaban J connectivity index is 0.000000166. The Morgan fingerprint density at radius 3 is 2.07 bits per heavy atom. The van der Waals surface area contributed by atoms with Gasteiger partial charge in [0.15, 0.2) is 0 Å². The molecular weight excluding hydrogens is 741 g/mol. The van der Waals surface area contributed by atoms with Crippen LogP contribution in [0, 0.1) is 12.1 Å². The van der Waals surface area contributed by atoms with Gasteiger partial charge in [-0.05, 0) is 59.1 Å². The van der Waals surface area contributed by atoms with Gasteiger partial charge < -0.3 is 14.4 Å². The summed E-state index contributed by atoms with van der Waals surface area (Å²) >= 11 is 0. The summed E-state index contributed by atoms with van der Waals surface area (Å²) in [5.41, 5.74) is 10.7. The first-order valence-electron chi connectivity index (χ1n) is 15.1. The summed E-state index contributed by atoms with van der Waals surface area (Å²) < 4.78 is 6.12. The number of hydrogen-bond donors (Lipinski definition) is 0. The van der Waals surface area contributed by atoms with E-state index in [-0.39, 0.29) is 20.1 Å². The maximum absolute atomic E-state index is 6.12. The van der Waals surface area contributed by atoms with E-state index in [0.717, 1.165) is 57.3 Å². The van der Waals surface area contributed by atoms with Crippen molar-refractivity contribution in [3.63, 3.8) is 0 Å². The number of fused-ring (bicyclic) bond motifs is 3. The van der Waals surface area contributed by atoms with Crippen LogP contribution in [-0.4, -0.2) is 9.97 Å². The summed E-state index contributed by atoms with van der Waals surface area (Å²) in [5.74, 6) is 0. The Kier molecular flexibility index (Phi) is 9.90. The van der Waals surface area contributed by atoms with Crippen molar-refractivity contribution in [3.05, 3.63) is 192 Å². The molecule has 0 aliphatic heterocycles. The van der Waals surface area contributed by atoms with Crippen molar-refractivity contribution in [1.29, 1.82) is 0 Å². The van der Waals surface area contributed by atoms with Crippen LogP contribution in [0.3, 0.4) is 0 Å². The molecule has 0 unspecified atom stereocenters. The van der Waals surface area contributed by atoms with Gasteiger partial charge in [-0.3, -0.25) is 0 Å². The molecule has 8 rings (SSSR count). The van der Waals surface area contributed by atoms with E-state index in [1.807, 2.05) is 73.1 Å². The number of furan rings is 1. The number of para-hydroxylation sites is 1. The molecule has 3 aromatic heterocycles.